The lowest BCUT2D eigenvalue weighted by molar-refractivity contribution is 0.0705. The zero-order valence-electron chi connectivity index (χ0n) is 17.9. The van der Waals surface area contributed by atoms with Crippen LogP contribution in [0.1, 0.15) is 29.6 Å². The van der Waals surface area contributed by atoms with Gasteiger partial charge in [0.2, 0.25) is 16.0 Å². The standard InChI is InChI=1S/C23H25N5O4S/c29-22(27-30)19-15-24-23(25-16-19)26-20-7-4-13-28(14-12-20)33(31,32)21-10-8-18(9-11-21)17-5-2-1-3-6-17/h1-3,5-6,8-11,15-16,20,30H,4,7,12-14H2,(H,27,29)(H,24,25,26). The van der Waals surface area contributed by atoms with Gasteiger partial charge in [-0.1, -0.05) is 42.5 Å². The Kier molecular flexibility index (Phi) is 6.97. The number of hydrogen-bond acceptors (Lipinski definition) is 7. The Morgan fingerprint density at radius 2 is 1.61 bits per heavy atom. The molecule has 172 valence electrons. The summed E-state index contributed by atoms with van der Waals surface area (Å²) in [6.45, 7) is 0.822. The van der Waals surface area contributed by atoms with Crippen LogP contribution in [-0.4, -0.2) is 52.9 Å². The third-order valence-electron chi connectivity index (χ3n) is 5.64. The first kappa shape index (κ1) is 22.8. The molecule has 0 spiro atoms. The van der Waals surface area contributed by atoms with Crippen molar-refractivity contribution < 1.29 is 18.4 Å². The highest BCUT2D eigenvalue weighted by atomic mass is 32.2. The van der Waals surface area contributed by atoms with Crippen molar-refractivity contribution in [3.8, 4) is 11.1 Å². The number of anilines is 1. The molecular formula is C23H25N5O4S. The highest BCUT2D eigenvalue weighted by Crippen LogP contribution is 2.25. The predicted octanol–water partition coefficient (Wildman–Crippen LogP) is 2.92. The third-order valence-corrected chi connectivity index (χ3v) is 7.55. The minimum atomic E-state index is -3.59. The number of rotatable bonds is 6. The molecule has 0 bridgehead atoms. The molecule has 1 amide bonds. The molecule has 3 N–H and O–H groups in total. The fraction of sp³-hybridized carbons (Fsp3) is 0.261. The second-order valence-corrected chi connectivity index (χ2v) is 9.74. The maximum atomic E-state index is 13.2. The molecule has 10 heteroatoms. The molecular weight excluding hydrogens is 442 g/mol. The highest BCUT2D eigenvalue weighted by Gasteiger charge is 2.28. The van der Waals surface area contributed by atoms with E-state index in [-0.39, 0.29) is 16.5 Å². The molecule has 4 rings (SSSR count). The van der Waals surface area contributed by atoms with Crippen molar-refractivity contribution in [2.45, 2.75) is 30.2 Å². The predicted molar refractivity (Wildman–Crippen MR) is 123 cm³/mol. The van der Waals surface area contributed by atoms with Gasteiger partial charge in [0, 0.05) is 31.5 Å². The lowest BCUT2D eigenvalue weighted by Crippen LogP contribution is -2.32. The van der Waals surface area contributed by atoms with Gasteiger partial charge in [-0.2, -0.15) is 4.31 Å². The summed E-state index contributed by atoms with van der Waals surface area (Å²) < 4.78 is 27.9. The van der Waals surface area contributed by atoms with Gasteiger partial charge in [-0.15, -0.1) is 0 Å². The topological polar surface area (TPSA) is 125 Å². The number of carbonyl (C=O) groups excluding carboxylic acids is 1. The van der Waals surface area contributed by atoms with Gasteiger partial charge >= 0.3 is 0 Å². The van der Waals surface area contributed by atoms with Crippen molar-refractivity contribution in [1.82, 2.24) is 19.8 Å². The van der Waals surface area contributed by atoms with E-state index in [2.05, 4.69) is 15.3 Å². The van der Waals surface area contributed by atoms with Gasteiger partial charge in [0.1, 0.15) is 0 Å². The first-order valence-corrected chi connectivity index (χ1v) is 12.1. The number of amides is 1. The summed E-state index contributed by atoms with van der Waals surface area (Å²) in [7, 11) is -3.59. The van der Waals surface area contributed by atoms with Crippen LogP contribution < -0.4 is 10.8 Å². The minimum absolute atomic E-state index is 0.00294. The number of carbonyl (C=O) groups is 1. The van der Waals surface area contributed by atoms with Crippen LogP contribution in [0, 0.1) is 0 Å². The number of benzene rings is 2. The van der Waals surface area contributed by atoms with Crippen LogP contribution in [0.2, 0.25) is 0 Å². The Hall–Kier alpha value is -3.34. The summed E-state index contributed by atoms with van der Waals surface area (Å²) in [5.41, 5.74) is 3.68. The van der Waals surface area contributed by atoms with Crippen LogP contribution in [0.3, 0.4) is 0 Å². The third kappa shape index (κ3) is 5.36. The van der Waals surface area contributed by atoms with Gasteiger partial charge in [-0.25, -0.2) is 23.9 Å². The van der Waals surface area contributed by atoms with E-state index in [1.165, 1.54) is 22.2 Å². The normalized spacial score (nSPS) is 17.2. The van der Waals surface area contributed by atoms with E-state index in [0.717, 1.165) is 17.5 Å². The Balaban J connectivity index is 1.40. The molecule has 2 aromatic carbocycles. The second-order valence-electron chi connectivity index (χ2n) is 7.80. The van der Waals surface area contributed by atoms with E-state index in [1.54, 1.807) is 12.1 Å². The van der Waals surface area contributed by atoms with E-state index in [1.807, 2.05) is 42.5 Å². The lowest BCUT2D eigenvalue weighted by atomic mass is 10.1. The molecule has 1 atom stereocenters. The monoisotopic (exact) mass is 467 g/mol. The number of sulfonamides is 1. The molecule has 1 aliphatic rings. The van der Waals surface area contributed by atoms with Gasteiger partial charge in [0.15, 0.2) is 0 Å². The molecule has 1 saturated heterocycles. The van der Waals surface area contributed by atoms with Gasteiger partial charge in [-0.05, 0) is 42.5 Å². The fourth-order valence-electron chi connectivity index (χ4n) is 3.82. The molecule has 0 aliphatic carbocycles. The summed E-state index contributed by atoms with van der Waals surface area (Å²) in [5.74, 6) is -0.337. The van der Waals surface area contributed by atoms with Crippen LogP contribution in [0.5, 0.6) is 0 Å². The zero-order valence-corrected chi connectivity index (χ0v) is 18.7. The molecule has 9 nitrogen and oxygen atoms in total. The zero-order chi connectivity index (χ0) is 23.3. The summed E-state index contributed by atoms with van der Waals surface area (Å²) in [6, 6.07) is 16.8. The van der Waals surface area contributed by atoms with Crippen molar-refractivity contribution in [1.29, 1.82) is 0 Å². The molecule has 0 radical (unpaired) electrons. The molecule has 1 fully saturated rings. The maximum Gasteiger partial charge on any atom is 0.277 e. The lowest BCUT2D eigenvalue weighted by Gasteiger charge is -2.21. The van der Waals surface area contributed by atoms with E-state index in [0.29, 0.717) is 31.9 Å². The van der Waals surface area contributed by atoms with E-state index < -0.39 is 15.9 Å². The Morgan fingerprint density at radius 1 is 0.939 bits per heavy atom. The molecule has 1 unspecified atom stereocenters. The molecule has 2 heterocycles. The SMILES string of the molecule is O=C(NO)c1cnc(NC2CCCN(S(=O)(=O)c3ccc(-c4ccccc4)cc3)CC2)nc1. The van der Waals surface area contributed by atoms with E-state index in [4.69, 9.17) is 5.21 Å². The van der Waals surface area contributed by atoms with Crippen LogP contribution >= 0.6 is 0 Å². The molecule has 1 aliphatic heterocycles. The molecule has 1 aromatic heterocycles. The number of nitrogens with zero attached hydrogens (tertiary/aromatic N) is 3. The molecule has 3 aromatic rings. The average Bonchev–Trinajstić information content (AvgIpc) is 3.11. The second kappa shape index (κ2) is 10.1. The van der Waals surface area contributed by atoms with Crippen molar-refractivity contribution in [2.75, 3.05) is 18.4 Å². The van der Waals surface area contributed by atoms with Crippen molar-refractivity contribution >= 4 is 21.9 Å². The Morgan fingerprint density at radius 3 is 2.27 bits per heavy atom. The van der Waals surface area contributed by atoms with Gasteiger partial charge < -0.3 is 5.32 Å². The fourth-order valence-corrected chi connectivity index (χ4v) is 5.31. The number of hydrogen-bond donors (Lipinski definition) is 3. The van der Waals surface area contributed by atoms with Crippen LogP contribution in [0.15, 0.2) is 71.9 Å². The van der Waals surface area contributed by atoms with Crippen LogP contribution in [0.4, 0.5) is 5.95 Å². The number of aromatic nitrogens is 2. The largest absolute Gasteiger partial charge is 0.351 e. The summed E-state index contributed by atoms with van der Waals surface area (Å²) >= 11 is 0. The molecule has 33 heavy (non-hydrogen) atoms. The quantitative estimate of drug-likeness (QED) is 0.376. The summed E-state index contributed by atoms with van der Waals surface area (Å²) in [6.07, 6.45) is 4.69. The van der Waals surface area contributed by atoms with Gasteiger partial charge in [0.25, 0.3) is 5.91 Å². The van der Waals surface area contributed by atoms with E-state index >= 15 is 0 Å². The first-order valence-electron chi connectivity index (χ1n) is 10.7. The van der Waals surface area contributed by atoms with E-state index in [9.17, 15) is 13.2 Å². The minimum Gasteiger partial charge on any atom is -0.351 e. The summed E-state index contributed by atoms with van der Waals surface area (Å²) in [4.78, 5) is 19.9. The smallest absolute Gasteiger partial charge is 0.277 e. The molecule has 0 saturated carbocycles. The van der Waals surface area contributed by atoms with Crippen LogP contribution in [0.25, 0.3) is 11.1 Å². The average molecular weight is 468 g/mol. The first-order chi connectivity index (χ1) is 16.0. The summed E-state index contributed by atoms with van der Waals surface area (Å²) in [5, 5.41) is 11.9. The highest BCUT2D eigenvalue weighted by molar-refractivity contribution is 7.89. The van der Waals surface area contributed by atoms with Gasteiger partial charge in [-0.3, -0.25) is 10.0 Å². The van der Waals surface area contributed by atoms with Crippen molar-refractivity contribution in [2.24, 2.45) is 0 Å². The van der Waals surface area contributed by atoms with Crippen molar-refractivity contribution in [3.63, 3.8) is 0 Å². The maximum absolute atomic E-state index is 13.2. The Bertz CT molecular complexity index is 1190. The Labute approximate surface area is 192 Å². The van der Waals surface area contributed by atoms with Crippen LogP contribution in [-0.2, 0) is 10.0 Å². The number of nitrogens with one attached hydrogen (secondary N) is 2. The number of hydroxylamine groups is 1. The van der Waals surface area contributed by atoms with Gasteiger partial charge in [0.05, 0.1) is 10.5 Å². The van der Waals surface area contributed by atoms with Crippen molar-refractivity contribution in [3.05, 3.63) is 72.6 Å².